The summed E-state index contributed by atoms with van der Waals surface area (Å²) >= 11 is 0. The molecule has 0 saturated carbocycles. The Labute approximate surface area is 125 Å². The molecule has 0 bridgehead atoms. The van der Waals surface area contributed by atoms with E-state index in [1.807, 2.05) is 6.07 Å². The van der Waals surface area contributed by atoms with Crippen molar-refractivity contribution in [3.63, 3.8) is 0 Å². The number of furan rings is 1. The number of carbonyl (C=O) groups excluding carboxylic acids is 1. The number of nitrogens with one attached hydrogen (secondary N) is 1. The van der Waals surface area contributed by atoms with Crippen LogP contribution in [0.2, 0.25) is 0 Å². The summed E-state index contributed by atoms with van der Waals surface area (Å²) in [6.45, 7) is 0.668. The van der Waals surface area contributed by atoms with Crippen molar-refractivity contribution in [2.75, 3.05) is 6.54 Å². The second-order valence-corrected chi connectivity index (χ2v) is 4.63. The molecule has 112 valence electrons. The monoisotopic (exact) mass is 298 g/mol. The zero-order valence-electron chi connectivity index (χ0n) is 11.7. The molecule has 1 aromatic carbocycles. The lowest BCUT2D eigenvalue weighted by molar-refractivity contribution is -0.116. The van der Waals surface area contributed by atoms with Gasteiger partial charge in [0.15, 0.2) is 5.58 Å². The Morgan fingerprint density at radius 1 is 1.23 bits per heavy atom. The molecular formula is C16H14N2O4. The van der Waals surface area contributed by atoms with Gasteiger partial charge in [-0.2, -0.15) is 0 Å². The molecule has 3 rings (SSSR count). The van der Waals surface area contributed by atoms with Crippen LogP contribution in [0.3, 0.4) is 0 Å². The first-order valence-corrected chi connectivity index (χ1v) is 6.82. The van der Waals surface area contributed by atoms with E-state index in [-0.39, 0.29) is 5.91 Å². The number of para-hydroxylation sites is 2. The Morgan fingerprint density at radius 2 is 2.09 bits per heavy atom. The van der Waals surface area contributed by atoms with Gasteiger partial charge in [0.2, 0.25) is 5.91 Å². The van der Waals surface area contributed by atoms with Crippen molar-refractivity contribution in [3.8, 4) is 0 Å². The molecule has 3 aromatic rings. The van der Waals surface area contributed by atoms with Crippen molar-refractivity contribution in [1.29, 1.82) is 0 Å². The number of nitrogens with zero attached hydrogens (tertiary/aromatic N) is 1. The van der Waals surface area contributed by atoms with Gasteiger partial charge in [-0.1, -0.05) is 12.1 Å². The molecule has 0 saturated heterocycles. The molecule has 0 aliphatic heterocycles. The smallest absolute Gasteiger partial charge is 0.420 e. The third kappa shape index (κ3) is 3.01. The fourth-order valence-electron chi connectivity index (χ4n) is 2.12. The molecule has 6 nitrogen and oxygen atoms in total. The highest BCUT2D eigenvalue weighted by atomic mass is 16.4. The van der Waals surface area contributed by atoms with Gasteiger partial charge >= 0.3 is 5.76 Å². The number of hydrogen-bond acceptors (Lipinski definition) is 4. The minimum Gasteiger partial charge on any atom is -0.465 e. The van der Waals surface area contributed by atoms with Crippen LogP contribution in [0.15, 0.2) is 62.4 Å². The summed E-state index contributed by atoms with van der Waals surface area (Å²) in [4.78, 5) is 23.4. The maximum absolute atomic E-state index is 11.8. The zero-order valence-corrected chi connectivity index (χ0v) is 11.7. The molecule has 0 unspecified atom stereocenters. The fourth-order valence-corrected chi connectivity index (χ4v) is 2.12. The van der Waals surface area contributed by atoms with Crippen LogP contribution in [-0.4, -0.2) is 17.0 Å². The van der Waals surface area contributed by atoms with E-state index in [2.05, 4.69) is 5.32 Å². The summed E-state index contributed by atoms with van der Waals surface area (Å²) in [7, 11) is 0. The van der Waals surface area contributed by atoms with E-state index in [0.717, 1.165) is 0 Å². The van der Waals surface area contributed by atoms with Crippen molar-refractivity contribution in [3.05, 3.63) is 65.0 Å². The van der Waals surface area contributed by atoms with Gasteiger partial charge in [0.05, 0.1) is 11.8 Å². The van der Waals surface area contributed by atoms with Gasteiger partial charge in [-0.3, -0.25) is 9.36 Å². The molecule has 22 heavy (non-hydrogen) atoms. The number of oxazole rings is 1. The molecule has 0 atom stereocenters. The number of fused-ring (bicyclic) bond motifs is 1. The summed E-state index contributed by atoms with van der Waals surface area (Å²) in [6, 6.07) is 10.7. The average molecular weight is 298 g/mol. The third-order valence-corrected chi connectivity index (χ3v) is 3.15. The molecule has 0 radical (unpaired) electrons. The molecule has 1 amide bonds. The summed E-state index contributed by atoms with van der Waals surface area (Å²) < 4.78 is 11.7. The Hall–Kier alpha value is -3.02. The van der Waals surface area contributed by atoms with Crippen molar-refractivity contribution < 1.29 is 13.6 Å². The second kappa shape index (κ2) is 6.17. The van der Waals surface area contributed by atoms with Crippen molar-refractivity contribution in [2.45, 2.75) is 6.54 Å². The lowest BCUT2D eigenvalue weighted by Crippen LogP contribution is -2.28. The number of benzene rings is 1. The van der Waals surface area contributed by atoms with Crippen LogP contribution < -0.4 is 11.1 Å². The van der Waals surface area contributed by atoms with E-state index in [1.165, 1.54) is 16.9 Å². The molecule has 0 spiro atoms. The van der Waals surface area contributed by atoms with Crippen molar-refractivity contribution in [1.82, 2.24) is 9.88 Å². The number of aromatic nitrogens is 1. The third-order valence-electron chi connectivity index (χ3n) is 3.15. The van der Waals surface area contributed by atoms with Crippen LogP contribution in [0.25, 0.3) is 17.2 Å². The first-order valence-electron chi connectivity index (χ1n) is 6.82. The van der Waals surface area contributed by atoms with E-state index in [9.17, 15) is 9.59 Å². The van der Waals surface area contributed by atoms with E-state index >= 15 is 0 Å². The molecular weight excluding hydrogens is 284 g/mol. The first-order chi connectivity index (χ1) is 10.7. The quantitative estimate of drug-likeness (QED) is 0.731. The SMILES string of the molecule is O=C(/C=C/c1ccco1)NCCn1c(=O)oc2ccccc21. The number of carbonyl (C=O) groups is 1. The minimum atomic E-state index is -0.429. The van der Waals surface area contributed by atoms with Gasteiger partial charge in [-0.05, 0) is 30.3 Å². The van der Waals surface area contributed by atoms with Crippen LogP contribution in [0.4, 0.5) is 0 Å². The van der Waals surface area contributed by atoms with Crippen LogP contribution in [0.5, 0.6) is 0 Å². The highest BCUT2D eigenvalue weighted by Crippen LogP contribution is 2.11. The van der Waals surface area contributed by atoms with E-state index in [4.69, 9.17) is 8.83 Å². The van der Waals surface area contributed by atoms with Gasteiger partial charge in [-0.15, -0.1) is 0 Å². The summed E-state index contributed by atoms with van der Waals surface area (Å²) in [5.74, 6) is -0.0778. The number of rotatable bonds is 5. The van der Waals surface area contributed by atoms with Gasteiger partial charge in [0, 0.05) is 19.2 Å². The average Bonchev–Trinajstić information content (AvgIpc) is 3.13. The van der Waals surface area contributed by atoms with Gasteiger partial charge in [0.1, 0.15) is 5.76 Å². The lowest BCUT2D eigenvalue weighted by atomic mass is 10.3. The minimum absolute atomic E-state index is 0.253. The molecule has 0 aliphatic rings. The molecule has 0 aliphatic carbocycles. The number of hydrogen-bond donors (Lipinski definition) is 1. The Bertz CT molecular complexity index is 856. The lowest BCUT2D eigenvalue weighted by Gasteiger charge is -2.03. The summed E-state index contributed by atoms with van der Waals surface area (Å²) in [5.41, 5.74) is 1.25. The highest BCUT2D eigenvalue weighted by molar-refractivity contribution is 5.91. The van der Waals surface area contributed by atoms with Crippen LogP contribution in [-0.2, 0) is 11.3 Å². The van der Waals surface area contributed by atoms with Gasteiger partial charge in [-0.25, -0.2) is 4.79 Å². The van der Waals surface area contributed by atoms with Crippen LogP contribution in [0.1, 0.15) is 5.76 Å². The Balaban J connectivity index is 1.59. The predicted molar refractivity (Wildman–Crippen MR) is 81.2 cm³/mol. The Kier molecular flexibility index (Phi) is 3.91. The molecule has 1 N–H and O–H groups in total. The van der Waals surface area contributed by atoms with Crippen molar-refractivity contribution in [2.24, 2.45) is 0 Å². The molecule has 6 heteroatoms. The fraction of sp³-hybridized carbons (Fsp3) is 0.125. The standard InChI is InChI=1S/C16H14N2O4/c19-15(8-7-12-4-3-11-21-12)17-9-10-18-13-5-1-2-6-14(13)22-16(18)20/h1-8,11H,9-10H2,(H,17,19)/b8-7+. The second-order valence-electron chi connectivity index (χ2n) is 4.63. The van der Waals surface area contributed by atoms with Crippen molar-refractivity contribution >= 4 is 23.1 Å². The topological polar surface area (TPSA) is 77.4 Å². The Morgan fingerprint density at radius 3 is 2.91 bits per heavy atom. The van der Waals surface area contributed by atoms with Gasteiger partial charge in [0.25, 0.3) is 0 Å². The van der Waals surface area contributed by atoms with E-state index in [0.29, 0.717) is 29.9 Å². The van der Waals surface area contributed by atoms with Crippen LogP contribution in [0, 0.1) is 0 Å². The van der Waals surface area contributed by atoms with E-state index < -0.39 is 5.76 Å². The summed E-state index contributed by atoms with van der Waals surface area (Å²) in [6.07, 6.45) is 4.50. The maximum atomic E-state index is 11.8. The van der Waals surface area contributed by atoms with Gasteiger partial charge < -0.3 is 14.2 Å². The maximum Gasteiger partial charge on any atom is 0.420 e. The zero-order chi connectivity index (χ0) is 15.4. The van der Waals surface area contributed by atoms with Crippen LogP contribution >= 0.6 is 0 Å². The first kappa shape index (κ1) is 13.9. The largest absolute Gasteiger partial charge is 0.465 e. The number of amides is 1. The highest BCUT2D eigenvalue weighted by Gasteiger charge is 2.07. The molecule has 2 heterocycles. The molecule has 0 fully saturated rings. The molecule has 2 aromatic heterocycles. The summed E-state index contributed by atoms with van der Waals surface area (Å²) in [5, 5.41) is 2.71. The van der Waals surface area contributed by atoms with E-state index in [1.54, 1.807) is 36.4 Å². The normalized spacial score (nSPS) is 11.3. The predicted octanol–water partition coefficient (Wildman–Crippen LogP) is 2.02.